The highest BCUT2D eigenvalue weighted by atomic mass is 35.5. The van der Waals surface area contributed by atoms with Crippen LogP contribution in [0.25, 0.3) is 0 Å². The highest BCUT2D eigenvalue weighted by molar-refractivity contribution is 6.30. The molecule has 0 N–H and O–H groups in total. The van der Waals surface area contributed by atoms with Gasteiger partial charge in [-0.15, -0.1) is 0 Å². The van der Waals surface area contributed by atoms with Crippen LogP contribution in [-0.2, 0) is 11.2 Å². The number of benzene rings is 2. The molecule has 1 unspecified atom stereocenters. The fourth-order valence-corrected chi connectivity index (χ4v) is 3.21. The second-order valence-electron chi connectivity index (χ2n) is 5.80. The quantitative estimate of drug-likeness (QED) is 0.805. The molecule has 1 heterocycles. The molecule has 0 saturated carbocycles. The number of hydrogen-bond acceptors (Lipinski definition) is 1. The van der Waals surface area contributed by atoms with Gasteiger partial charge in [-0.1, -0.05) is 54.1 Å². The normalized spacial score (nSPS) is 16.6. The van der Waals surface area contributed by atoms with Crippen LogP contribution in [0.15, 0.2) is 54.6 Å². The number of piperidine rings is 1. The van der Waals surface area contributed by atoms with Crippen molar-refractivity contribution in [3.8, 4) is 0 Å². The number of likely N-dealkylation sites (tertiary alicyclic amines) is 1. The summed E-state index contributed by atoms with van der Waals surface area (Å²) < 4.78 is 0. The van der Waals surface area contributed by atoms with E-state index in [2.05, 4.69) is 12.1 Å². The van der Waals surface area contributed by atoms with E-state index in [9.17, 15) is 4.79 Å². The lowest BCUT2D eigenvalue weighted by atomic mass is 9.95. The first-order valence-corrected chi connectivity index (χ1v) is 8.21. The van der Waals surface area contributed by atoms with E-state index in [1.807, 2.05) is 47.4 Å². The zero-order valence-corrected chi connectivity index (χ0v) is 13.3. The molecule has 2 aromatic carbocycles. The molecule has 22 heavy (non-hydrogen) atoms. The van der Waals surface area contributed by atoms with Crippen LogP contribution in [0.3, 0.4) is 0 Å². The van der Waals surface area contributed by atoms with E-state index >= 15 is 0 Å². The van der Waals surface area contributed by atoms with E-state index in [1.54, 1.807) is 0 Å². The van der Waals surface area contributed by atoms with Gasteiger partial charge in [0.05, 0.1) is 6.04 Å². The lowest BCUT2D eigenvalue weighted by Crippen LogP contribution is -2.39. The summed E-state index contributed by atoms with van der Waals surface area (Å²) in [5.41, 5.74) is 2.41. The van der Waals surface area contributed by atoms with Gasteiger partial charge in [-0.3, -0.25) is 4.79 Å². The number of nitrogens with zero attached hydrogens (tertiary/aromatic N) is 1. The predicted octanol–water partition coefficient (Wildman–Crippen LogP) is 4.64. The number of hydrogen-bond donors (Lipinski definition) is 0. The highest BCUT2D eigenvalue weighted by Crippen LogP contribution is 2.29. The third kappa shape index (κ3) is 3.50. The summed E-state index contributed by atoms with van der Waals surface area (Å²) in [6.07, 6.45) is 3.60. The Bertz CT molecular complexity index is 624. The maximum absolute atomic E-state index is 12.4. The molecule has 1 amide bonds. The molecule has 1 aliphatic heterocycles. The predicted molar refractivity (Wildman–Crippen MR) is 89.9 cm³/mol. The van der Waals surface area contributed by atoms with Crippen molar-refractivity contribution in [1.82, 2.24) is 4.90 Å². The fourth-order valence-electron chi connectivity index (χ4n) is 3.08. The average Bonchev–Trinajstić information content (AvgIpc) is 2.56. The number of carbonyl (C=O) groups excluding carboxylic acids is 1. The van der Waals surface area contributed by atoms with Crippen LogP contribution in [0.5, 0.6) is 0 Å². The van der Waals surface area contributed by atoms with Crippen LogP contribution in [-0.4, -0.2) is 17.4 Å². The minimum absolute atomic E-state index is 0.107. The number of halogens is 1. The van der Waals surface area contributed by atoms with E-state index in [4.69, 9.17) is 11.6 Å². The van der Waals surface area contributed by atoms with Crippen LogP contribution < -0.4 is 0 Å². The van der Waals surface area contributed by atoms with Gasteiger partial charge in [0.1, 0.15) is 0 Å². The number of rotatable bonds is 4. The third-order valence-corrected chi connectivity index (χ3v) is 4.51. The second kappa shape index (κ2) is 6.97. The maximum Gasteiger partial charge on any atom is 0.223 e. The van der Waals surface area contributed by atoms with Gasteiger partial charge in [0.2, 0.25) is 5.91 Å². The summed E-state index contributed by atoms with van der Waals surface area (Å²) in [6.45, 7) is 0.853. The first kappa shape index (κ1) is 15.1. The maximum atomic E-state index is 12.4. The summed E-state index contributed by atoms with van der Waals surface area (Å²) in [5, 5.41) is 0.745. The van der Waals surface area contributed by atoms with Gasteiger partial charge in [-0.25, -0.2) is 0 Å². The van der Waals surface area contributed by atoms with Crippen molar-refractivity contribution in [2.75, 3.05) is 6.54 Å². The molecule has 0 aliphatic carbocycles. The van der Waals surface area contributed by atoms with E-state index in [0.29, 0.717) is 6.42 Å². The van der Waals surface area contributed by atoms with Gasteiger partial charge in [-0.2, -0.15) is 0 Å². The second-order valence-corrected chi connectivity index (χ2v) is 6.24. The van der Waals surface area contributed by atoms with Gasteiger partial charge in [-0.05, 0) is 42.5 Å². The summed E-state index contributed by atoms with van der Waals surface area (Å²) in [6, 6.07) is 18.4. The van der Waals surface area contributed by atoms with Crippen LogP contribution in [0.2, 0.25) is 5.02 Å². The molecule has 3 rings (SSSR count). The lowest BCUT2D eigenvalue weighted by molar-refractivity contribution is -0.136. The minimum atomic E-state index is 0.107. The molecule has 3 heteroatoms. The summed E-state index contributed by atoms with van der Waals surface area (Å²) in [5.74, 6) is 0.272. The lowest BCUT2D eigenvalue weighted by Gasteiger charge is -2.35. The minimum Gasteiger partial charge on any atom is -0.335 e. The Morgan fingerprint density at radius 2 is 1.73 bits per heavy atom. The molecular formula is C19H20ClNO. The molecule has 0 aromatic heterocycles. The Kier molecular flexibility index (Phi) is 4.79. The Labute approximate surface area is 136 Å². The van der Waals surface area contributed by atoms with Crippen molar-refractivity contribution in [1.29, 1.82) is 0 Å². The van der Waals surface area contributed by atoms with Crippen molar-refractivity contribution >= 4 is 17.5 Å². The molecule has 1 aliphatic rings. The van der Waals surface area contributed by atoms with Crippen LogP contribution in [0.1, 0.15) is 36.4 Å². The van der Waals surface area contributed by atoms with Crippen molar-refractivity contribution in [2.45, 2.75) is 31.7 Å². The van der Waals surface area contributed by atoms with Gasteiger partial charge < -0.3 is 4.90 Å². The molecule has 1 atom stereocenters. The Balaban J connectivity index is 1.88. The highest BCUT2D eigenvalue weighted by Gasteiger charge is 2.27. The zero-order chi connectivity index (χ0) is 15.4. The fraction of sp³-hybridized carbons (Fsp3) is 0.316. The van der Waals surface area contributed by atoms with Crippen molar-refractivity contribution in [3.05, 3.63) is 70.7 Å². The molecule has 1 fully saturated rings. The van der Waals surface area contributed by atoms with Gasteiger partial charge in [0.15, 0.2) is 0 Å². The molecule has 2 aromatic rings. The summed E-state index contributed by atoms with van der Waals surface area (Å²) in [7, 11) is 0. The largest absolute Gasteiger partial charge is 0.335 e. The Hall–Kier alpha value is -1.80. The van der Waals surface area contributed by atoms with Gasteiger partial charge >= 0.3 is 0 Å². The first-order valence-electron chi connectivity index (χ1n) is 7.83. The Morgan fingerprint density at radius 3 is 2.41 bits per heavy atom. The van der Waals surface area contributed by atoms with E-state index in [0.717, 1.165) is 30.8 Å². The zero-order valence-electron chi connectivity index (χ0n) is 12.5. The average molecular weight is 314 g/mol. The molecule has 2 nitrogen and oxygen atoms in total. The van der Waals surface area contributed by atoms with Crippen molar-refractivity contribution < 1.29 is 4.79 Å². The molecule has 0 spiro atoms. The van der Waals surface area contributed by atoms with E-state index in [-0.39, 0.29) is 11.9 Å². The summed E-state index contributed by atoms with van der Waals surface area (Å²) >= 11 is 5.97. The molecule has 0 radical (unpaired) electrons. The molecular weight excluding hydrogens is 294 g/mol. The first-order chi connectivity index (χ1) is 10.7. The topological polar surface area (TPSA) is 20.3 Å². The standard InChI is InChI=1S/C19H20ClNO/c20-17-11-9-15(10-12-17)14-18(16-6-2-1-3-7-16)21-13-5-4-8-19(21)22/h1-3,6-7,9-12,18H,4-5,8,13-14H2. The van der Waals surface area contributed by atoms with E-state index < -0.39 is 0 Å². The SMILES string of the molecule is O=C1CCCCN1C(Cc1ccc(Cl)cc1)c1ccccc1. The number of amides is 1. The smallest absolute Gasteiger partial charge is 0.223 e. The van der Waals surface area contributed by atoms with Crippen LogP contribution >= 0.6 is 11.6 Å². The van der Waals surface area contributed by atoms with Gasteiger partial charge in [0.25, 0.3) is 0 Å². The third-order valence-electron chi connectivity index (χ3n) is 4.26. The Morgan fingerprint density at radius 1 is 1.00 bits per heavy atom. The van der Waals surface area contributed by atoms with Gasteiger partial charge in [0, 0.05) is 18.0 Å². The van der Waals surface area contributed by atoms with Crippen molar-refractivity contribution in [3.63, 3.8) is 0 Å². The molecule has 0 bridgehead atoms. The van der Waals surface area contributed by atoms with Crippen molar-refractivity contribution in [2.24, 2.45) is 0 Å². The monoisotopic (exact) mass is 313 g/mol. The number of carbonyl (C=O) groups is 1. The van der Waals surface area contributed by atoms with Crippen LogP contribution in [0, 0.1) is 0 Å². The molecule has 1 saturated heterocycles. The summed E-state index contributed by atoms with van der Waals surface area (Å²) in [4.78, 5) is 14.4. The molecule has 114 valence electrons. The van der Waals surface area contributed by atoms with Crippen LogP contribution in [0.4, 0.5) is 0 Å². The van der Waals surface area contributed by atoms with E-state index in [1.165, 1.54) is 11.1 Å².